The highest BCUT2D eigenvalue weighted by molar-refractivity contribution is 5.26. The van der Waals surface area contributed by atoms with Gasteiger partial charge in [0.05, 0.1) is 18.8 Å². The van der Waals surface area contributed by atoms with Gasteiger partial charge in [-0.3, -0.25) is 0 Å². The van der Waals surface area contributed by atoms with Crippen LogP contribution in [-0.2, 0) is 13.6 Å². The van der Waals surface area contributed by atoms with Gasteiger partial charge < -0.3 is 20.1 Å². The van der Waals surface area contributed by atoms with Crippen molar-refractivity contribution in [2.24, 2.45) is 7.05 Å². The number of hydrogen-bond donors (Lipinski definition) is 3. The first kappa shape index (κ1) is 13.2. The Balaban J connectivity index is 2.71. The molecule has 0 fully saturated rings. The van der Waals surface area contributed by atoms with Crippen LogP contribution in [0.1, 0.15) is 23.9 Å². The number of aliphatic hydroxyl groups is 2. The van der Waals surface area contributed by atoms with E-state index in [1.54, 1.807) is 6.92 Å². The van der Waals surface area contributed by atoms with E-state index in [2.05, 4.69) is 29.8 Å². The van der Waals surface area contributed by atoms with Gasteiger partial charge in [-0.05, 0) is 32.4 Å². The number of aliphatic hydroxyl groups excluding tert-OH is 2. The fourth-order valence-corrected chi connectivity index (χ4v) is 1.58. The maximum atomic E-state index is 9.16. The monoisotopic (exact) mass is 226 g/mol. The van der Waals surface area contributed by atoms with E-state index in [0.29, 0.717) is 6.54 Å². The van der Waals surface area contributed by atoms with Crippen molar-refractivity contribution in [2.75, 3.05) is 13.2 Å². The van der Waals surface area contributed by atoms with E-state index in [4.69, 9.17) is 10.2 Å². The third kappa shape index (κ3) is 2.64. The Labute approximate surface area is 96.9 Å². The van der Waals surface area contributed by atoms with E-state index in [0.717, 1.165) is 0 Å². The first-order valence-electron chi connectivity index (χ1n) is 5.52. The van der Waals surface area contributed by atoms with Crippen LogP contribution in [0.25, 0.3) is 0 Å². The minimum Gasteiger partial charge on any atom is -0.394 e. The van der Waals surface area contributed by atoms with Gasteiger partial charge in [-0.1, -0.05) is 0 Å². The Morgan fingerprint density at radius 1 is 1.31 bits per heavy atom. The summed E-state index contributed by atoms with van der Waals surface area (Å²) >= 11 is 0. The van der Waals surface area contributed by atoms with Crippen molar-refractivity contribution in [1.29, 1.82) is 0 Å². The number of aryl methyl sites for hydroxylation is 1. The molecule has 4 nitrogen and oxygen atoms in total. The van der Waals surface area contributed by atoms with Crippen molar-refractivity contribution in [1.82, 2.24) is 9.88 Å². The van der Waals surface area contributed by atoms with E-state index < -0.39 is 5.54 Å². The van der Waals surface area contributed by atoms with Gasteiger partial charge in [0.2, 0.25) is 0 Å². The highest BCUT2D eigenvalue weighted by atomic mass is 16.3. The lowest BCUT2D eigenvalue weighted by molar-refractivity contribution is 0.103. The Morgan fingerprint density at radius 2 is 1.88 bits per heavy atom. The molecule has 0 saturated heterocycles. The molecule has 0 amide bonds. The zero-order chi connectivity index (χ0) is 12.3. The second-order valence-electron chi connectivity index (χ2n) is 4.69. The Hall–Kier alpha value is -0.840. The third-order valence-corrected chi connectivity index (χ3v) is 3.28. The molecule has 1 aromatic rings. The fourth-order valence-electron chi connectivity index (χ4n) is 1.58. The number of hydrogen-bond acceptors (Lipinski definition) is 3. The summed E-state index contributed by atoms with van der Waals surface area (Å²) in [7, 11) is 2.03. The van der Waals surface area contributed by atoms with Crippen molar-refractivity contribution in [3.8, 4) is 0 Å². The number of nitrogens with zero attached hydrogens (tertiary/aromatic N) is 1. The van der Waals surface area contributed by atoms with Crippen LogP contribution >= 0.6 is 0 Å². The Morgan fingerprint density at radius 3 is 2.25 bits per heavy atom. The molecule has 4 heteroatoms. The topological polar surface area (TPSA) is 57.4 Å². The molecule has 0 atom stereocenters. The molecule has 0 spiro atoms. The van der Waals surface area contributed by atoms with Crippen molar-refractivity contribution < 1.29 is 10.2 Å². The van der Waals surface area contributed by atoms with Gasteiger partial charge in [0.15, 0.2) is 0 Å². The highest BCUT2D eigenvalue weighted by Crippen LogP contribution is 2.14. The molecule has 1 aromatic heterocycles. The van der Waals surface area contributed by atoms with E-state index in [9.17, 15) is 0 Å². The first-order valence-corrected chi connectivity index (χ1v) is 5.52. The quantitative estimate of drug-likeness (QED) is 0.684. The maximum absolute atomic E-state index is 9.16. The normalized spacial score (nSPS) is 12.1. The third-order valence-electron chi connectivity index (χ3n) is 3.28. The van der Waals surface area contributed by atoms with Gasteiger partial charge in [-0.15, -0.1) is 0 Å². The summed E-state index contributed by atoms with van der Waals surface area (Å²) in [5.41, 5.74) is 3.01. The molecule has 0 saturated carbocycles. The summed E-state index contributed by atoms with van der Waals surface area (Å²) in [6.07, 6.45) is 0. The molecule has 1 rings (SSSR count). The molecular formula is C12H22N2O2. The van der Waals surface area contributed by atoms with Crippen LogP contribution in [0.3, 0.4) is 0 Å². The Bertz CT molecular complexity index is 354. The summed E-state index contributed by atoms with van der Waals surface area (Å²) in [5.74, 6) is 0. The summed E-state index contributed by atoms with van der Waals surface area (Å²) in [6.45, 7) is 6.44. The molecule has 0 bridgehead atoms. The fraction of sp³-hybridized carbons (Fsp3) is 0.667. The SMILES string of the molecule is Cc1cc(CNC(C)(CO)CO)c(C)n1C. The highest BCUT2D eigenvalue weighted by Gasteiger charge is 2.21. The van der Waals surface area contributed by atoms with Gasteiger partial charge >= 0.3 is 0 Å². The number of rotatable bonds is 5. The van der Waals surface area contributed by atoms with Gasteiger partial charge in [0.1, 0.15) is 0 Å². The first-order chi connectivity index (χ1) is 7.43. The standard InChI is InChI=1S/C12H22N2O2/c1-9-5-11(10(2)14(9)4)6-13-12(3,7-15)8-16/h5,13,15-16H,6-8H2,1-4H3. The predicted octanol–water partition coefficient (Wildman–Crippen LogP) is 0.475. The van der Waals surface area contributed by atoms with Gasteiger partial charge in [-0.2, -0.15) is 0 Å². The van der Waals surface area contributed by atoms with Gasteiger partial charge in [-0.25, -0.2) is 0 Å². The van der Waals surface area contributed by atoms with Crippen LogP contribution in [0.15, 0.2) is 6.07 Å². The lowest BCUT2D eigenvalue weighted by Crippen LogP contribution is -2.48. The van der Waals surface area contributed by atoms with Crippen molar-refractivity contribution in [3.63, 3.8) is 0 Å². The minimum absolute atomic E-state index is 0.0750. The zero-order valence-corrected chi connectivity index (χ0v) is 10.5. The van der Waals surface area contributed by atoms with Crippen LogP contribution in [0.5, 0.6) is 0 Å². The summed E-state index contributed by atoms with van der Waals surface area (Å²) in [4.78, 5) is 0. The van der Waals surface area contributed by atoms with Crippen LogP contribution < -0.4 is 5.32 Å². The molecule has 0 aliphatic carbocycles. The van der Waals surface area contributed by atoms with Crippen LogP contribution in [0.2, 0.25) is 0 Å². The van der Waals surface area contributed by atoms with Gasteiger partial charge in [0, 0.05) is 25.0 Å². The summed E-state index contributed by atoms with van der Waals surface area (Å²) < 4.78 is 2.13. The molecular weight excluding hydrogens is 204 g/mol. The molecule has 0 aromatic carbocycles. The average molecular weight is 226 g/mol. The van der Waals surface area contributed by atoms with Crippen LogP contribution in [-0.4, -0.2) is 33.5 Å². The van der Waals surface area contributed by atoms with E-state index >= 15 is 0 Å². The largest absolute Gasteiger partial charge is 0.394 e. The second kappa shape index (κ2) is 4.99. The summed E-state index contributed by atoms with van der Waals surface area (Å²) in [5, 5.41) is 21.5. The molecule has 0 aliphatic heterocycles. The Kier molecular flexibility index (Phi) is 4.13. The smallest absolute Gasteiger partial charge is 0.0633 e. The lowest BCUT2D eigenvalue weighted by atomic mass is 10.1. The molecule has 92 valence electrons. The molecule has 0 unspecified atom stereocenters. The van der Waals surface area contributed by atoms with Crippen molar-refractivity contribution in [3.05, 3.63) is 23.0 Å². The number of nitrogens with one attached hydrogen (secondary N) is 1. The zero-order valence-electron chi connectivity index (χ0n) is 10.5. The van der Waals surface area contributed by atoms with Crippen LogP contribution in [0, 0.1) is 13.8 Å². The van der Waals surface area contributed by atoms with E-state index in [-0.39, 0.29) is 13.2 Å². The van der Waals surface area contributed by atoms with Crippen molar-refractivity contribution in [2.45, 2.75) is 32.9 Å². The molecule has 0 aliphatic rings. The van der Waals surface area contributed by atoms with Gasteiger partial charge in [0.25, 0.3) is 0 Å². The predicted molar refractivity (Wildman–Crippen MR) is 64.3 cm³/mol. The lowest BCUT2D eigenvalue weighted by Gasteiger charge is -2.26. The molecule has 0 radical (unpaired) electrons. The minimum atomic E-state index is -0.615. The van der Waals surface area contributed by atoms with E-state index in [1.807, 2.05) is 7.05 Å². The number of aromatic nitrogens is 1. The second-order valence-corrected chi connectivity index (χ2v) is 4.69. The molecule has 16 heavy (non-hydrogen) atoms. The van der Waals surface area contributed by atoms with E-state index in [1.165, 1.54) is 17.0 Å². The summed E-state index contributed by atoms with van der Waals surface area (Å²) in [6, 6.07) is 2.12. The molecule has 1 heterocycles. The maximum Gasteiger partial charge on any atom is 0.0633 e. The molecule has 3 N–H and O–H groups in total. The van der Waals surface area contributed by atoms with Crippen molar-refractivity contribution >= 4 is 0 Å². The van der Waals surface area contributed by atoms with Crippen LogP contribution in [0.4, 0.5) is 0 Å². The average Bonchev–Trinajstić information content (AvgIpc) is 2.54.